The van der Waals surface area contributed by atoms with Crippen LogP contribution in [-0.4, -0.2) is 6.21 Å². The van der Waals surface area contributed by atoms with Crippen LogP contribution in [0.15, 0.2) is 40.6 Å². The van der Waals surface area contributed by atoms with Crippen molar-refractivity contribution in [3.8, 4) is 0 Å². The van der Waals surface area contributed by atoms with Crippen molar-refractivity contribution >= 4 is 6.21 Å². The lowest BCUT2D eigenvalue weighted by atomic mass is 10.1. The van der Waals surface area contributed by atoms with Crippen LogP contribution in [0, 0.1) is 0 Å². The molecule has 0 unspecified atom stereocenters. The van der Waals surface area contributed by atoms with Gasteiger partial charge in [-0.3, -0.25) is 4.99 Å². The van der Waals surface area contributed by atoms with E-state index in [1.54, 1.807) is 0 Å². The van der Waals surface area contributed by atoms with Crippen molar-refractivity contribution in [1.82, 2.24) is 0 Å². The molecule has 0 bridgehead atoms. The van der Waals surface area contributed by atoms with Crippen LogP contribution in [0.1, 0.15) is 19.3 Å². The van der Waals surface area contributed by atoms with E-state index in [2.05, 4.69) is 29.3 Å². The minimum Gasteiger partial charge on any atom is -0.261 e. The van der Waals surface area contributed by atoms with Crippen LogP contribution in [0.3, 0.4) is 0 Å². The first-order valence-electron chi connectivity index (χ1n) is 4.05. The Hall–Kier alpha value is -1.11. The minimum atomic E-state index is 1.06. The summed E-state index contributed by atoms with van der Waals surface area (Å²) < 4.78 is 0. The average Bonchev–Trinajstić information content (AvgIpc) is 2.58. The van der Waals surface area contributed by atoms with E-state index < -0.39 is 0 Å². The van der Waals surface area contributed by atoms with E-state index in [-0.39, 0.29) is 0 Å². The van der Waals surface area contributed by atoms with Crippen LogP contribution in [0.4, 0.5) is 0 Å². The number of rotatable bonds is 1. The zero-order valence-corrected chi connectivity index (χ0v) is 6.46. The van der Waals surface area contributed by atoms with Gasteiger partial charge in [-0.05, 0) is 24.8 Å². The molecule has 0 N–H and O–H groups in total. The predicted molar refractivity (Wildman–Crippen MR) is 47.6 cm³/mol. The predicted octanol–water partition coefficient (Wildman–Crippen LogP) is 2.62. The SMILES string of the molecule is C1=CCC(C2=CCCC=N2)=C1. The van der Waals surface area contributed by atoms with Crippen LogP contribution in [0.25, 0.3) is 0 Å². The summed E-state index contributed by atoms with van der Waals surface area (Å²) in [5.74, 6) is 0. The summed E-state index contributed by atoms with van der Waals surface area (Å²) in [6, 6.07) is 0. The van der Waals surface area contributed by atoms with Gasteiger partial charge in [0.25, 0.3) is 0 Å². The Bertz CT molecular complexity index is 267. The second-order valence-corrected chi connectivity index (χ2v) is 2.80. The van der Waals surface area contributed by atoms with Crippen molar-refractivity contribution in [3.05, 3.63) is 35.6 Å². The molecule has 0 aromatic rings. The topological polar surface area (TPSA) is 12.4 Å². The van der Waals surface area contributed by atoms with E-state index in [0.717, 1.165) is 19.3 Å². The van der Waals surface area contributed by atoms with Crippen molar-refractivity contribution in [3.63, 3.8) is 0 Å². The lowest BCUT2D eigenvalue weighted by Gasteiger charge is -2.05. The fourth-order valence-electron chi connectivity index (χ4n) is 1.36. The normalized spacial score (nSPS) is 21.8. The molecule has 0 saturated carbocycles. The lowest BCUT2D eigenvalue weighted by Crippen LogP contribution is -1.90. The van der Waals surface area contributed by atoms with Gasteiger partial charge in [-0.25, -0.2) is 0 Å². The van der Waals surface area contributed by atoms with Gasteiger partial charge in [0.2, 0.25) is 0 Å². The Balaban J connectivity index is 2.16. The summed E-state index contributed by atoms with van der Waals surface area (Å²) in [7, 11) is 0. The number of hydrogen-bond donors (Lipinski definition) is 0. The monoisotopic (exact) mass is 145 g/mol. The van der Waals surface area contributed by atoms with Crippen LogP contribution in [0.5, 0.6) is 0 Å². The van der Waals surface area contributed by atoms with Crippen LogP contribution in [-0.2, 0) is 0 Å². The Morgan fingerprint density at radius 3 is 2.91 bits per heavy atom. The van der Waals surface area contributed by atoms with Crippen molar-refractivity contribution in [2.45, 2.75) is 19.3 Å². The second-order valence-electron chi connectivity index (χ2n) is 2.80. The molecule has 0 atom stereocenters. The molecule has 0 fully saturated rings. The first kappa shape index (κ1) is 6.59. The van der Waals surface area contributed by atoms with E-state index in [9.17, 15) is 0 Å². The zero-order chi connectivity index (χ0) is 7.52. The Morgan fingerprint density at radius 2 is 2.27 bits per heavy atom. The number of allylic oxidation sites excluding steroid dienone is 5. The lowest BCUT2D eigenvalue weighted by molar-refractivity contribution is 1.04. The van der Waals surface area contributed by atoms with Crippen molar-refractivity contribution in [2.24, 2.45) is 4.99 Å². The highest BCUT2D eigenvalue weighted by atomic mass is 14.7. The van der Waals surface area contributed by atoms with E-state index in [1.807, 2.05) is 6.21 Å². The summed E-state index contributed by atoms with van der Waals surface area (Å²) in [5, 5.41) is 0. The summed E-state index contributed by atoms with van der Waals surface area (Å²) in [6.45, 7) is 0. The molecule has 0 amide bonds. The van der Waals surface area contributed by atoms with Gasteiger partial charge >= 0.3 is 0 Å². The first-order valence-corrected chi connectivity index (χ1v) is 4.05. The van der Waals surface area contributed by atoms with Gasteiger partial charge in [0, 0.05) is 6.21 Å². The fourth-order valence-corrected chi connectivity index (χ4v) is 1.36. The van der Waals surface area contributed by atoms with Gasteiger partial charge in [0.05, 0.1) is 5.70 Å². The van der Waals surface area contributed by atoms with Crippen LogP contribution >= 0.6 is 0 Å². The van der Waals surface area contributed by atoms with Gasteiger partial charge < -0.3 is 0 Å². The standard InChI is InChI=1S/C10H11N/c1-2-6-9(5-1)10-7-3-4-8-11-10/h1-2,5,7-8H,3-4,6H2. The Kier molecular flexibility index (Phi) is 1.72. The Labute approximate surface area is 66.8 Å². The third-order valence-corrected chi connectivity index (χ3v) is 1.96. The number of nitrogens with zero attached hydrogens (tertiary/aromatic N) is 1. The third kappa shape index (κ3) is 1.32. The molecular formula is C10H11N. The van der Waals surface area contributed by atoms with Crippen LogP contribution in [0.2, 0.25) is 0 Å². The summed E-state index contributed by atoms with van der Waals surface area (Å²) in [6.07, 6.45) is 14.0. The molecule has 1 heteroatoms. The van der Waals surface area contributed by atoms with E-state index in [1.165, 1.54) is 11.3 Å². The maximum absolute atomic E-state index is 4.34. The molecule has 0 radical (unpaired) electrons. The number of aliphatic imine (C=N–C) groups is 1. The summed E-state index contributed by atoms with van der Waals surface area (Å²) in [4.78, 5) is 4.34. The quantitative estimate of drug-likeness (QED) is 0.538. The van der Waals surface area contributed by atoms with Gasteiger partial charge in [0.15, 0.2) is 0 Å². The molecule has 11 heavy (non-hydrogen) atoms. The zero-order valence-electron chi connectivity index (χ0n) is 6.46. The van der Waals surface area contributed by atoms with E-state index >= 15 is 0 Å². The summed E-state index contributed by atoms with van der Waals surface area (Å²) in [5.41, 5.74) is 2.54. The highest BCUT2D eigenvalue weighted by Gasteiger charge is 2.05. The maximum atomic E-state index is 4.34. The molecule has 56 valence electrons. The molecular weight excluding hydrogens is 134 g/mol. The molecule has 0 aromatic heterocycles. The molecule has 2 rings (SSSR count). The van der Waals surface area contributed by atoms with E-state index in [4.69, 9.17) is 0 Å². The molecule has 0 saturated heterocycles. The van der Waals surface area contributed by atoms with Gasteiger partial charge in [-0.15, -0.1) is 0 Å². The molecule has 0 spiro atoms. The van der Waals surface area contributed by atoms with E-state index in [0.29, 0.717) is 0 Å². The average molecular weight is 145 g/mol. The minimum absolute atomic E-state index is 1.06. The van der Waals surface area contributed by atoms with Gasteiger partial charge in [-0.2, -0.15) is 0 Å². The van der Waals surface area contributed by atoms with Crippen molar-refractivity contribution in [1.29, 1.82) is 0 Å². The van der Waals surface area contributed by atoms with Crippen molar-refractivity contribution in [2.75, 3.05) is 0 Å². The second kappa shape index (κ2) is 2.87. The highest BCUT2D eigenvalue weighted by molar-refractivity contribution is 5.63. The Morgan fingerprint density at radius 1 is 1.27 bits per heavy atom. The maximum Gasteiger partial charge on any atom is 0.0621 e. The summed E-state index contributed by atoms with van der Waals surface area (Å²) >= 11 is 0. The fraction of sp³-hybridized carbons (Fsp3) is 0.300. The van der Waals surface area contributed by atoms with Crippen LogP contribution < -0.4 is 0 Å². The highest BCUT2D eigenvalue weighted by Crippen LogP contribution is 2.22. The molecule has 1 aliphatic carbocycles. The smallest absolute Gasteiger partial charge is 0.0621 e. The molecule has 1 aliphatic heterocycles. The first-order chi connectivity index (χ1) is 5.47. The molecule has 1 nitrogen and oxygen atoms in total. The number of hydrogen-bond acceptors (Lipinski definition) is 1. The van der Waals surface area contributed by atoms with Gasteiger partial charge in [0.1, 0.15) is 0 Å². The largest absolute Gasteiger partial charge is 0.261 e. The molecule has 0 aromatic carbocycles. The van der Waals surface area contributed by atoms with Crippen molar-refractivity contribution < 1.29 is 0 Å². The van der Waals surface area contributed by atoms with Gasteiger partial charge in [-0.1, -0.05) is 24.3 Å². The molecule has 2 aliphatic rings. The molecule has 1 heterocycles. The third-order valence-electron chi connectivity index (χ3n) is 1.96.